The Morgan fingerprint density at radius 3 is 2.32 bits per heavy atom. The van der Waals surface area contributed by atoms with Crippen LogP contribution in [0.15, 0.2) is 47.4 Å². The Labute approximate surface area is 188 Å². The first-order valence-electron chi connectivity index (χ1n) is 10.4. The van der Waals surface area contributed by atoms with Crippen molar-refractivity contribution in [1.29, 1.82) is 0 Å². The second-order valence-electron chi connectivity index (χ2n) is 7.50. The van der Waals surface area contributed by atoms with E-state index in [0.717, 1.165) is 34.4 Å². The molecule has 3 aromatic rings. The third-order valence-electron chi connectivity index (χ3n) is 5.56. The van der Waals surface area contributed by atoms with Gasteiger partial charge in [0, 0.05) is 13.1 Å². The van der Waals surface area contributed by atoms with Crippen molar-refractivity contribution in [3.63, 3.8) is 0 Å². The minimum Gasteiger partial charge on any atom is -0.302 e. The molecular weight excluding hydrogens is 430 g/mol. The van der Waals surface area contributed by atoms with Crippen molar-refractivity contribution in [3.05, 3.63) is 53.6 Å². The fourth-order valence-corrected chi connectivity index (χ4v) is 5.68. The van der Waals surface area contributed by atoms with Crippen molar-refractivity contribution in [2.75, 3.05) is 36.8 Å². The van der Waals surface area contributed by atoms with Gasteiger partial charge >= 0.3 is 0 Å². The van der Waals surface area contributed by atoms with E-state index in [2.05, 4.69) is 18.7 Å². The van der Waals surface area contributed by atoms with E-state index < -0.39 is 21.5 Å². The third-order valence-corrected chi connectivity index (χ3v) is 8.22. The Balaban J connectivity index is 1.94. The van der Waals surface area contributed by atoms with Crippen molar-refractivity contribution >= 4 is 42.4 Å². The molecule has 0 unspecified atom stereocenters. The number of aromatic nitrogens is 1. The van der Waals surface area contributed by atoms with Crippen LogP contribution >= 0.6 is 11.3 Å². The molecule has 0 saturated heterocycles. The highest BCUT2D eigenvalue weighted by Gasteiger charge is 2.27. The number of carbonyl (C=O) groups is 1. The molecule has 0 N–H and O–H groups in total. The van der Waals surface area contributed by atoms with Crippen molar-refractivity contribution in [2.45, 2.75) is 32.6 Å². The van der Waals surface area contributed by atoms with E-state index in [1.165, 1.54) is 28.4 Å². The zero-order chi connectivity index (χ0) is 22.6. The smallest absolute Gasteiger partial charge is 0.244 e. The van der Waals surface area contributed by atoms with E-state index >= 15 is 0 Å². The van der Waals surface area contributed by atoms with E-state index in [4.69, 9.17) is 4.98 Å². The van der Waals surface area contributed by atoms with Gasteiger partial charge in [-0.1, -0.05) is 49.4 Å². The minimum absolute atomic E-state index is 0.155. The van der Waals surface area contributed by atoms with Crippen LogP contribution in [0.1, 0.15) is 25.0 Å². The molecular formula is C23H29N3O3S2. The van der Waals surface area contributed by atoms with Crippen LogP contribution in [0.4, 0.5) is 5.13 Å². The lowest BCUT2D eigenvalue weighted by molar-refractivity contribution is -0.116. The number of fused-ring (bicyclic) bond motifs is 1. The van der Waals surface area contributed by atoms with Gasteiger partial charge in [0.1, 0.15) is 5.75 Å². The Morgan fingerprint density at radius 2 is 1.68 bits per heavy atom. The van der Waals surface area contributed by atoms with E-state index in [1.54, 1.807) is 18.2 Å². The zero-order valence-electron chi connectivity index (χ0n) is 18.5. The summed E-state index contributed by atoms with van der Waals surface area (Å²) in [7, 11) is -3.74. The molecule has 0 aliphatic carbocycles. The second-order valence-corrected chi connectivity index (χ2v) is 10.5. The predicted octanol–water partition coefficient (Wildman–Crippen LogP) is 4.06. The maximum Gasteiger partial charge on any atom is 0.244 e. The molecule has 31 heavy (non-hydrogen) atoms. The zero-order valence-corrected chi connectivity index (χ0v) is 20.1. The highest BCUT2D eigenvalue weighted by molar-refractivity contribution is 7.92. The standard InChI is InChI=1S/C23H29N3O3S2/c1-5-25(6-2)14-15-26(21(27)16-31(28,29)19-10-8-7-9-11-19)23-24-22-18(4)17(3)12-13-20(22)30-23/h7-13H,5-6,14-16H2,1-4H3. The van der Waals surface area contributed by atoms with Gasteiger partial charge in [0.05, 0.1) is 15.1 Å². The Morgan fingerprint density at radius 1 is 1.00 bits per heavy atom. The van der Waals surface area contributed by atoms with E-state index in [9.17, 15) is 13.2 Å². The van der Waals surface area contributed by atoms with E-state index in [-0.39, 0.29) is 4.90 Å². The van der Waals surface area contributed by atoms with Crippen LogP contribution in [0.3, 0.4) is 0 Å². The summed E-state index contributed by atoms with van der Waals surface area (Å²) in [6.45, 7) is 10.9. The SMILES string of the molecule is CCN(CC)CCN(C(=O)CS(=O)(=O)c1ccccc1)c1nc2c(C)c(C)ccc2s1. The van der Waals surface area contributed by atoms with Gasteiger partial charge in [0.25, 0.3) is 0 Å². The van der Waals surface area contributed by atoms with Crippen molar-refractivity contribution in [2.24, 2.45) is 0 Å². The van der Waals surface area contributed by atoms with E-state index in [1.807, 2.05) is 26.0 Å². The molecule has 1 aromatic heterocycles. The Bertz CT molecular complexity index is 1150. The predicted molar refractivity (Wildman–Crippen MR) is 128 cm³/mol. The van der Waals surface area contributed by atoms with Crippen LogP contribution in [0.25, 0.3) is 10.2 Å². The molecule has 0 fully saturated rings. The van der Waals surface area contributed by atoms with Crippen LogP contribution in [0.5, 0.6) is 0 Å². The largest absolute Gasteiger partial charge is 0.302 e. The first-order chi connectivity index (χ1) is 14.8. The fraction of sp³-hybridized carbons (Fsp3) is 0.391. The molecule has 1 heterocycles. The normalized spacial score (nSPS) is 11.9. The van der Waals surface area contributed by atoms with Gasteiger partial charge in [0.2, 0.25) is 5.91 Å². The third kappa shape index (κ3) is 5.31. The molecule has 166 valence electrons. The van der Waals surface area contributed by atoms with Gasteiger partial charge in [-0.3, -0.25) is 9.69 Å². The van der Waals surface area contributed by atoms with E-state index in [0.29, 0.717) is 18.2 Å². The van der Waals surface area contributed by atoms with Crippen molar-refractivity contribution in [3.8, 4) is 0 Å². The lowest BCUT2D eigenvalue weighted by Gasteiger charge is -2.24. The number of carbonyl (C=O) groups excluding carboxylic acids is 1. The number of amides is 1. The number of benzene rings is 2. The van der Waals surface area contributed by atoms with Gasteiger partial charge in [-0.05, 0) is 56.3 Å². The monoisotopic (exact) mass is 459 g/mol. The lowest BCUT2D eigenvalue weighted by atomic mass is 10.1. The molecule has 0 spiro atoms. The summed E-state index contributed by atoms with van der Waals surface area (Å²) >= 11 is 1.43. The molecule has 0 radical (unpaired) electrons. The molecule has 1 amide bonds. The van der Waals surface area contributed by atoms with Crippen LogP contribution in [0.2, 0.25) is 0 Å². The van der Waals surface area contributed by atoms with Crippen molar-refractivity contribution < 1.29 is 13.2 Å². The average Bonchev–Trinajstić information content (AvgIpc) is 3.19. The first-order valence-corrected chi connectivity index (χ1v) is 12.9. The summed E-state index contributed by atoms with van der Waals surface area (Å²) in [6.07, 6.45) is 0. The van der Waals surface area contributed by atoms with Gasteiger partial charge in [-0.25, -0.2) is 13.4 Å². The highest BCUT2D eigenvalue weighted by atomic mass is 32.2. The van der Waals surface area contributed by atoms with Gasteiger partial charge < -0.3 is 4.90 Å². The number of sulfone groups is 1. The Kier molecular flexibility index (Phi) is 7.46. The number of nitrogens with zero attached hydrogens (tertiary/aromatic N) is 3. The number of rotatable bonds is 9. The summed E-state index contributed by atoms with van der Waals surface area (Å²) in [5.74, 6) is -1.03. The molecule has 0 bridgehead atoms. The summed E-state index contributed by atoms with van der Waals surface area (Å²) in [6, 6.07) is 12.2. The summed E-state index contributed by atoms with van der Waals surface area (Å²) < 4.78 is 26.6. The topological polar surface area (TPSA) is 70.6 Å². The maximum atomic E-state index is 13.2. The quantitative estimate of drug-likeness (QED) is 0.483. The van der Waals surface area contributed by atoms with Crippen molar-refractivity contribution in [1.82, 2.24) is 9.88 Å². The minimum atomic E-state index is -3.74. The second kappa shape index (κ2) is 9.89. The number of aryl methyl sites for hydroxylation is 2. The van der Waals surface area contributed by atoms with Gasteiger partial charge in [-0.15, -0.1) is 0 Å². The van der Waals surface area contributed by atoms with Crippen LogP contribution < -0.4 is 4.90 Å². The molecule has 0 aliphatic heterocycles. The van der Waals surface area contributed by atoms with Crippen LogP contribution in [-0.4, -0.2) is 56.1 Å². The number of thiazole rings is 1. The number of hydrogen-bond donors (Lipinski definition) is 0. The van der Waals surface area contributed by atoms with Crippen LogP contribution in [-0.2, 0) is 14.6 Å². The van der Waals surface area contributed by atoms with Gasteiger partial charge in [0.15, 0.2) is 15.0 Å². The molecule has 0 atom stereocenters. The number of hydrogen-bond acceptors (Lipinski definition) is 6. The summed E-state index contributed by atoms with van der Waals surface area (Å²) in [4.78, 5) is 21.9. The molecule has 0 aliphatic rings. The molecule has 8 heteroatoms. The molecule has 6 nitrogen and oxygen atoms in total. The number of likely N-dealkylation sites (N-methyl/N-ethyl adjacent to an activating group) is 1. The Hall–Kier alpha value is -2.29. The highest BCUT2D eigenvalue weighted by Crippen LogP contribution is 2.32. The molecule has 3 rings (SSSR count). The summed E-state index contributed by atoms with van der Waals surface area (Å²) in [5.41, 5.74) is 3.08. The van der Waals surface area contributed by atoms with Crippen LogP contribution in [0, 0.1) is 13.8 Å². The number of anilines is 1. The average molecular weight is 460 g/mol. The summed E-state index contributed by atoms with van der Waals surface area (Å²) in [5, 5.41) is 0.545. The fourth-order valence-electron chi connectivity index (χ4n) is 3.39. The lowest BCUT2D eigenvalue weighted by Crippen LogP contribution is -2.41. The first kappa shape index (κ1) is 23.4. The maximum absolute atomic E-state index is 13.2. The molecule has 2 aromatic carbocycles. The molecule has 0 saturated carbocycles. The van der Waals surface area contributed by atoms with Gasteiger partial charge in [-0.2, -0.15) is 0 Å².